The number of fused-ring (bicyclic) bond motifs is 1. The summed E-state index contributed by atoms with van der Waals surface area (Å²) in [6.45, 7) is 11.1. The summed E-state index contributed by atoms with van der Waals surface area (Å²) in [4.78, 5) is 16.4. The van der Waals surface area contributed by atoms with E-state index >= 15 is 0 Å². The number of phenols is 1. The van der Waals surface area contributed by atoms with E-state index in [4.69, 9.17) is 9.98 Å². The first kappa shape index (κ1) is 22.2. The van der Waals surface area contributed by atoms with Gasteiger partial charge in [0, 0.05) is 30.7 Å². The molecular weight excluding hydrogens is 403 g/mol. The predicted octanol–water partition coefficient (Wildman–Crippen LogP) is 5.78. The summed E-state index contributed by atoms with van der Waals surface area (Å²) in [7, 11) is 0. The number of hydrogen-bond donors (Lipinski definition) is 1. The van der Waals surface area contributed by atoms with Crippen molar-refractivity contribution in [2.75, 3.05) is 24.5 Å². The van der Waals surface area contributed by atoms with Gasteiger partial charge in [0.1, 0.15) is 17.4 Å². The van der Waals surface area contributed by atoms with Crippen LogP contribution in [-0.2, 0) is 0 Å². The van der Waals surface area contributed by atoms with E-state index in [2.05, 4.69) is 30.7 Å². The quantitative estimate of drug-likeness (QED) is 0.499. The molecule has 4 rings (SSSR count). The van der Waals surface area contributed by atoms with E-state index in [-0.39, 0.29) is 17.1 Å². The highest BCUT2D eigenvalue weighted by Crippen LogP contribution is 2.35. The van der Waals surface area contributed by atoms with Gasteiger partial charge < -0.3 is 10.0 Å². The average Bonchev–Trinajstić information content (AvgIpc) is 3.20. The molecule has 168 valence electrons. The van der Waals surface area contributed by atoms with E-state index in [9.17, 15) is 9.50 Å². The Hall–Kier alpha value is -3.02. The molecule has 0 unspecified atom stereocenters. The van der Waals surface area contributed by atoms with Gasteiger partial charge in [0.2, 0.25) is 0 Å². The Labute approximate surface area is 189 Å². The molecule has 1 fully saturated rings. The van der Waals surface area contributed by atoms with Crippen LogP contribution in [-0.4, -0.2) is 40.4 Å². The lowest BCUT2D eigenvalue weighted by atomic mass is 10.1. The molecule has 32 heavy (non-hydrogen) atoms. The van der Waals surface area contributed by atoms with Crippen LogP contribution >= 0.6 is 0 Å². The summed E-state index contributed by atoms with van der Waals surface area (Å²) >= 11 is 0. The molecule has 0 radical (unpaired) electrons. The second-order valence-electron chi connectivity index (χ2n) is 9.30. The first-order valence-corrected chi connectivity index (χ1v) is 11.3. The van der Waals surface area contributed by atoms with Gasteiger partial charge in [-0.3, -0.25) is 4.99 Å². The average molecular weight is 435 g/mol. The van der Waals surface area contributed by atoms with E-state index in [0.717, 1.165) is 54.8 Å². The van der Waals surface area contributed by atoms with Crippen molar-refractivity contribution in [3.8, 4) is 17.1 Å². The predicted molar refractivity (Wildman–Crippen MR) is 129 cm³/mol. The largest absolute Gasteiger partial charge is 0.507 e. The minimum absolute atomic E-state index is 0.0433. The number of hydrogen-bond acceptors (Lipinski definition) is 5. The van der Waals surface area contributed by atoms with Crippen molar-refractivity contribution in [2.45, 2.75) is 40.5 Å². The second kappa shape index (κ2) is 9.23. The summed E-state index contributed by atoms with van der Waals surface area (Å²) < 4.78 is 14.6. The smallest absolute Gasteiger partial charge is 0.168 e. The van der Waals surface area contributed by atoms with Crippen LogP contribution in [0.3, 0.4) is 0 Å². The van der Waals surface area contributed by atoms with Crippen molar-refractivity contribution in [3.63, 3.8) is 0 Å². The molecule has 1 atom stereocenters. The van der Waals surface area contributed by atoms with E-state index in [0.29, 0.717) is 11.8 Å². The SMILES string of the molecule is CC(CC(C)C)=NC[C@H]1CCN(c2nc(-c3c(O)cccc3F)nc3cc(C)ccc23)C1. The summed E-state index contributed by atoms with van der Waals surface area (Å²) in [6.07, 6.45) is 2.07. The van der Waals surface area contributed by atoms with Crippen LogP contribution in [0.15, 0.2) is 41.4 Å². The highest BCUT2D eigenvalue weighted by Gasteiger charge is 2.26. The standard InChI is InChI=1S/C26H31FN4O/c1-16(2)12-18(4)28-14-19-10-11-31(15-19)26-20-9-8-17(3)13-22(20)29-25(30-26)24-21(27)6-5-7-23(24)32/h5-9,13,16,19,32H,10-12,14-15H2,1-4H3/t19-/m1/s1. The van der Waals surface area contributed by atoms with Crippen LogP contribution in [0.25, 0.3) is 22.3 Å². The van der Waals surface area contributed by atoms with E-state index in [1.165, 1.54) is 23.9 Å². The third kappa shape index (κ3) is 4.74. The highest BCUT2D eigenvalue weighted by molar-refractivity contribution is 5.92. The number of phenolic OH excluding ortho intramolecular Hbond substituents is 1. The minimum Gasteiger partial charge on any atom is -0.507 e. The molecule has 0 spiro atoms. The maximum atomic E-state index is 14.6. The zero-order valence-electron chi connectivity index (χ0n) is 19.3. The van der Waals surface area contributed by atoms with Crippen molar-refractivity contribution in [2.24, 2.45) is 16.8 Å². The number of aryl methyl sites for hydroxylation is 1. The molecule has 5 nitrogen and oxygen atoms in total. The van der Waals surface area contributed by atoms with Crippen molar-refractivity contribution in [1.29, 1.82) is 0 Å². The van der Waals surface area contributed by atoms with Gasteiger partial charge in [0.05, 0.1) is 11.1 Å². The number of aromatic nitrogens is 2. The molecule has 1 N–H and O–H groups in total. The lowest BCUT2D eigenvalue weighted by Gasteiger charge is -2.20. The van der Waals surface area contributed by atoms with Crippen LogP contribution in [0.2, 0.25) is 0 Å². The zero-order chi connectivity index (χ0) is 22.8. The number of benzene rings is 2. The third-order valence-corrected chi connectivity index (χ3v) is 5.96. The van der Waals surface area contributed by atoms with Gasteiger partial charge in [-0.2, -0.15) is 0 Å². The van der Waals surface area contributed by atoms with Crippen LogP contribution in [0.4, 0.5) is 10.2 Å². The number of nitrogens with zero attached hydrogens (tertiary/aromatic N) is 4. The molecule has 1 aromatic heterocycles. The van der Waals surface area contributed by atoms with E-state index in [1.807, 2.05) is 25.1 Å². The maximum absolute atomic E-state index is 14.6. The Balaban J connectivity index is 1.68. The number of aromatic hydroxyl groups is 1. The molecule has 3 aromatic rings. The van der Waals surface area contributed by atoms with Gasteiger partial charge in [0.25, 0.3) is 0 Å². The summed E-state index contributed by atoms with van der Waals surface area (Å²) in [5.41, 5.74) is 3.07. The van der Waals surface area contributed by atoms with Crippen molar-refractivity contribution < 1.29 is 9.50 Å². The van der Waals surface area contributed by atoms with Crippen LogP contribution < -0.4 is 4.90 Å². The Morgan fingerprint density at radius 3 is 2.81 bits per heavy atom. The van der Waals surface area contributed by atoms with E-state index in [1.54, 1.807) is 0 Å². The molecule has 6 heteroatoms. The van der Waals surface area contributed by atoms with Crippen molar-refractivity contribution in [1.82, 2.24) is 9.97 Å². The fourth-order valence-corrected chi connectivity index (χ4v) is 4.42. The van der Waals surface area contributed by atoms with Crippen LogP contribution in [0, 0.1) is 24.6 Å². The number of aliphatic imine (C=N–C) groups is 1. The molecule has 0 amide bonds. The van der Waals surface area contributed by atoms with Gasteiger partial charge in [-0.1, -0.05) is 26.0 Å². The molecule has 0 aliphatic carbocycles. The molecule has 2 aromatic carbocycles. The number of anilines is 1. The van der Waals surface area contributed by atoms with Crippen molar-refractivity contribution in [3.05, 3.63) is 47.8 Å². The molecule has 0 saturated carbocycles. The fourth-order valence-electron chi connectivity index (χ4n) is 4.42. The summed E-state index contributed by atoms with van der Waals surface area (Å²) in [5.74, 6) is 1.39. The summed E-state index contributed by atoms with van der Waals surface area (Å²) in [6, 6.07) is 10.3. The Kier molecular flexibility index (Phi) is 6.40. The fraction of sp³-hybridized carbons (Fsp3) is 0.423. The van der Waals surface area contributed by atoms with Gasteiger partial charge in [-0.05, 0) is 68.4 Å². The lowest BCUT2D eigenvalue weighted by Crippen LogP contribution is -2.22. The zero-order valence-corrected chi connectivity index (χ0v) is 19.3. The Morgan fingerprint density at radius 1 is 1.25 bits per heavy atom. The molecule has 2 heterocycles. The molecule has 1 aliphatic rings. The molecule has 1 aliphatic heterocycles. The molecular formula is C26H31FN4O. The van der Waals surface area contributed by atoms with Gasteiger partial charge >= 0.3 is 0 Å². The Morgan fingerprint density at radius 2 is 2.06 bits per heavy atom. The van der Waals surface area contributed by atoms with Crippen LogP contribution in [0.5, 0.6) is 5.75 Å². The maximum Gasteiger partial charge on any atom is 0.168 e. The van der Waals surface area contributed by atoms with Gasteiger partial charge in [0.15, 0.2) is 5.82 Å². The topological polar surface area (TPSA) is 61.6 Å². The summed E-state index contributed by atoms with van der Waals surface area (Å²) in [5, 5.41) is 11.2. The first-order valence-electron chi connectivity index (χ1n) is 11.3. The number of halogens is 1. The highest BCUT2D eigenvalue weighted by atomic mass is 19.1. The lowest BCUT2D eigenvalue weighted by molar-refractivity contribution is 0.471. The third-order valence-electron chi connectivity index (χ3n) is 5.96. The normalized spacial score (nSPS) is 17.0. The number of rotatable bonds is 6. The van der Waals surface area contributed by atoms with Crippen LogP contribution in [0.1, 0.15) is 39.2 Å². The first-order chi connectivity index (χ1) is 15.3. The van der Waals surface area contributed by atoms with E-state index < -0.39 is 5.82 Å². The second-order valence-corrected chi connectivity index (χ2v) is 9.30. The van der Waals surface area contributed by atoms with Gasteiger partial charge in [-0.15, -0.1) is 0 Å². The van der Waals surface area contributed by atoms with Gasteiger partial charge in [-0.25, -0.2) is 14.4 Å². The minimum atomic E-state index is -0.530. The Bertz CT molecular complexity index is 1140. The molecule has 1 saturated heterocycles. The van der Waals surface area contributed by atoms with Crippen molar-refractivity contribution >= 4 is 22.4 Å². The molecule has 0 bridgehead atoms. The monoisotopic (exact) mass is 434 g/mol.